The lowest BCUT2D eigenvalue weighted by molar-refractivity contribution is -0.0257. The van der Waals surface area contributed by atoms with Gasteiger partial charge in [-0.25, -0.2) is 0 Å². The van der Waals surface area contributed by atoms with Gasteiger partial charge in [-0.3, -0.25) is 4.90 Å². The van der Waals surface area contributed by atoms with Gasteiger partial charge in [0, 0.05) is 25.2 Å². The maximum atomic E-state index is 5.51. The number of hydrogen-bond donors (Lipinski definition) is 1. The molecule has 0 aromatic rings. The summed E-state index contributed by atoms with van der Waals surface area (Å²) in [6.07, 6.45) is 2.56. The number of morpholine rings is 1. The Hall–Kier alpha value is -0.120. The molecule has 0 spiro atoms. The first-order valence-corrected chi connectivity index (χ1v) is 5.77. The number of nitrogens with zero attached hydrogens (tertiary/aromatic N) is 1. The Labute approximate surface area is 87.8 Å². The zero-order valence-corrected chi connectivity index (χ0v) is 9.75. The van der Waals surface area contributed by atoms with E-state index in [0.29, 0.717) is 12.1 Å². The fourth-order valence-electron chi connectivity index (χ4n) is 2.24. The van der Waals surface area contributed by atoms with Gasteiger partial charge in [0.05, 0.1) is 13.2 Å². The van der Waals surface area contributed by atoms with Gasteiger partial charge in [-0.1, -0.05) is 13.3 Å². The number of ether oxygens (including phenoxy) is 1. The van der Waals surface area contributed by atoms with E-state index in [1.165, 1.54) is 12.8 Å². The highest BCUT2D eigenvalue weighted by atomic mass is 16.5. The molecule has 1 aliphatic heterocycles. The average molecular weight is 200 g/mol. The molecule has 1 fully saturated rings. The molecule has 1 rings (SSSR count). The zero-order chi connectivity index (χ0) is 10.4. The van der Waals surface area contributed by atoms with E-state index in [1.807, 2.05) is 7.05 Å². The van der Waals surface area contributed by atoms with Crippen LogP contribution in [0.1, 0.15) is 26.7 Å². The second-order valence-corrected chi connectivity index (χ2v) is 4.16. The molecule has 0 aliphatic carbocycles. The van der Waals surface area contributed by atoms with E-state index in [0.717, 1.165) is 26.3 Å². The average Bonchev–Trinajstić information content (AvgIpc) is 2.19. The van der Waals surface area contributed by atoms with Crippen molar-refractivity contribution in [2.45, 2.75) is 38.8 Å². The number of nitrogens with one attached hydrogen (secondary N) is 1. The molecular weight excluding hydrogens is 176 g/mol. The minimum atomic E-state index is 0.565. The summed E-state index contributed by atoms with van der Waals surface area (Å²) in [5, 5.41) is 3.24. The van der Waals surface area contributed by atoms with Crippen molar-refractivity contribution >= 4 is 0 Å². The van der Waals surface area contributed by atoms with Crippen molar-refractivity contribution in [1.82, 2.24) is 10.2 Å². The van der Waals surface area contributed by atoms with Gasteiger partial charge in [0.2, 0.25) is 0 Å². The minimum absolute atomic E-state index is 0.565. The molecule has 1 N–H and O–H groups in total. The van der Waals surface area contributed by atoms with Crippen LogP contribution in [0, 0.1) is 0 Å². The van der Waals surface area contributed by atoms with Crippen molar-refractivity contribution in [2.24, 2.45) is 0 Å². The van der Waals surface area contributed by atoms with Gasteiger partial charge in [0.15, 0.2) is 0 Å². The van der Waals surface area contributed by atoms with Crippen LogP contribution >= 0.6 is 0 Å². The predicted molar refractivity (Wildman–Crippen MR) is 59.6 cm³/mol. The van der Waals surface area contributed by atoms with Crippen molar-refractivity contribution in [2.75, 3.05) is 33.4 Å². The molecule has 1 saturated heterocycles. The SMILES string of the molecule is CCCC(C)N1CCOCC1CNC. The fraction of sp³-hybridized carbons (Fsp3) is 1.00. The third-order valence-electron chi connectivity index (χ3n) is 2.99. The van der Waals surface area contributed by atoms with Crippen LogP contribution in [0.2, 0.25) is 0 Å². The number of hydrogen-bond acceptors (Lipinski definition) is 3. The van der Waals surface area contributed by atoms with Crippen LogP contribution in [-0.2, 0) is 4.74 Å². The molecule has 0 saturated carbocycles. The van der Waals surface area contributed by atoms with E-state index in [1.54, 1.807) is 0 Å². The Morgan fingerprint density at radius 3 is 3.00 bits per heavy atom. The molecule has 0 aromatic heterocycles. The summed E-state index contributed by atoms with van der Waals surface area (Å²) in [5.74, 6) is 0. The van der Waals surface area contributed by atoms with E-state index < -0.39 is 0 Å². The molecule has 1 heterocycles. The van der Waals surface area contributed by atoms with Crippen LogP contribution < -0.4 is 5.32 Å². The highest BCUT2D eigenvalue weighted by Crippen LogP contribution is 2.14. The molecule has 0 radical (unpaired) electrons. The van der Waals surface area contributed by atoms with Crippen molar-refractivity contribution in [3.63, 3.8) is 0 Å². The van der Waals surface area contributed by atoms with Gasteiger partial charge in [0.25, 0.3) is 0 Å². The third-order valence-corrected chi connectivity index (χ3v) is 2.99. The molecule has 3 heteroatoms. The summed E-state index contributed by atoms with van der Waals surface area (Å²) in [5.41, 5.74) is 0. The fourth-order valence-corrected chi connectivity index (χ4v) is 2.24. The lowest BCUT2D eigenvalue weighted by Gasteiger charge is -2.39. The van der Waals surface area contributed by atoms with Gasteiger partial charge in [-0.15, -0.1) is 0 Å². The molecule has 2 atom stereocenters. The smallest absolute Gasteiger partial charge is 0.0634 e. The quantitative estimate of drug-likeness (QED) is 0.719. The molecule has 0 aromatic carbocycles. The molecular formula is C11H24N2O. The lowest BCUT2D eigenvalue weighted by Crippen LogP contribution is -2.53. The summed E-state index contributed by atoms with van der Waals surface area (Å²) in [6.45, 7) is 8.49. The van der Waals surface area contributed by atoms with Crippen LogP contribution in [0.3, 0.4) is 0 Å². The third kappa shape index (κ3) is 3.23. The van der Waals surface area contributed by atoms with Gasteiger partial charge in [-0.2, -0.15) is 0 Å². The van der Waals surface area contributed by atoms with Crippen molar-refractivity contribution in [3.05, 3.63) is 0 Å². The molecule has 1 aliphatic rings. The topological polar surface area (TPSA) is 24.5 Å². The van der Waals surface area contributed by atoms with Crippen LogP contribution in [0.4, 0.5) is 0 Å². The van der Waals surface area contributed by atoms with E-state index in [9.17, 15) is 0 Å². The van der Waals surface area contributed by atoms with Crippen LogP contribution in [0.15, 0.2) is 0 Å². The summed E-state index contributed by atoms with van der Waals surface area (Å²) in [6, 6.07) is 1.26. The first-order chi connectivity index (χ1) is 6.79. The monoisotopic (exact) mass is 200 g/mol. The summed E-state index contributed by atoms with van der Waals surface area (Å²) in [4.78, 5) is 2.59. The maximum absolute atomic E-state index is 5.51. The molecule has 3 nitrogen and oxygen atoms in total. The van der Waals surface area contributed by atoms with E-state index >= 15 is 0 Å². The van der Waals surface area contributed by atoms with Gasteiger partial charge < -0.3 is 10.1 Å². The van der Waals surface area contributed by atoms with E-state index in [2.05, 4.69) is 24.1 Å². The first kappa shape index (κ1) is 12.0. The summed E-state index contributed by atoms with van der Waals surface area (Å²) >= 11 is 0. The van der Waals surface area contributed by atoms with Gasteiger partial charge in [0.1, 0.15) is 0 Å². The minimum Gasteiger partial charge on any atom is -0.378 e. The Morgan fingerprint density at radius 2 is 2.36 bits per heavy atom. The van der Waals surface area contributed by atoms with Crippen molar-refractivity contribution in [1.29, 1.82) is 0 Å². The van der Waals surface area contributed by atoms with Crippen LogP contribution in [0.5, 0.6) is 0 Å². The lowest BCUT2D eigenvalue weighted by atomic mass is 10.1. The van der Waals surface area contributed by atoms with Crippen LogP contribution in [-0.4, -0.2) is 50.3 Å². The summed E-state index contributed by atoms with van der Waals surface area (Å²) < 4.78 is 5.51. The van der Waals surface area contributed by atoms with Gasteiger partial charge >= 0.3 is 0 Å². The Bertz CT molecular complexity index is 150. The Kier molecular flexibility index (Phi) is 5.45. The highest BCUT2D eigenvalue weighted by molar-refractivity contribution is 4.80. The molecule has 14 heavy (non-hydrogen) atoms. The second kappa shape index (κ2) is 6.38. The van der Waals surface area contributed by atoms with Crippen molar-refractivity contribution < 1.29 is 4.74 Å². The Morgan fingerprint density at radius 1 is 1.57 bits per heavy atom. The van der Waals surface area contributed by atoms with Gasteiger partial charge in [-0.05, 0) is 20.4 Å². The largest absolute Gasteiger partial charge is 0.378 e. The molecule has 0 amide bonds. The van der Waals surface area contributed by atoms with Crippen molar-refractivity contribution in [3.8, 4) is 0 Å². The van der Waals surface area contributed by atoms with E-state index in [4.69, 9.17) is 4.74 Å². The predicted octanol–water partition coefficient (Wildman–Crippen LogP) is 1.10. The second-order valence-electron chi connectivity index (χ2n) is 4.16. The molecule has 84 valence electrons. The molecule has 2 unspecified atom stereocenters. The highest BCUT2D eigenvalue weighted by Gasteiger charge is 2.25. The van der Waals surface area contributed by atoms with E-state index in [-0.39, 0.29) is 0 Å². The standard InChI is InChI=1S/C11H24N2O/c1-4-5-10(2)13-6-7-14-9-11(13)8-12-3/h10-12H,4-9H2,1-3H3. The number of rotatable bonds is 5. The summed E-state index contributed by atoms with van der Waals surface area (Å²) in [7, 11) is 2.01. The number of likely N-dealkylation sites (N-methyl/N-ethyl adjacent to an activating group) is 1. The maximum Gasteiger partial charge on any atom is 0.0634 e. The Balaban J connectivity index is 2.44. The molecule has 0 bridgehead atoms. The first-order valence-electron chi connectivity index (χ1n) is 5.77. The van der Waals surface area contributed by atoms with Crippen LogP contribution in [0.25, 0.3) is 0 Å². The normalized spacial score (nSPS) is 26.4. The zero-order valence-electron chi connectivity index (χ0n) is 9.75.